The lowest BCUT2D eigenvalue weighted by Crippen LogP contribution is -2.50. The van der Waals surface area contributed by atoms with E-state index in [0.29, 0.717) is 0 Å². The molecule has 7 heteroatoms. The summed E-state index contributed by atoms with van der Waals surface area (Å²) in [7, 11) is -3.56. The zero-order valence-electron chi connectivity index (χ0n) is 9.66. The van der Waals surface area contributed by atoms with E-state index in [1.54, 1.807) is 27.7 Å². The lowest BCUT2D eigenvalue weighted by atomic mass is 10.1. The highest BCUT2D eigenvalue weighted by Crippen LogP contribution is 2.05. The number of nitrogens with two attached hydrogens (primary N) is 1. The average Bonchev–Trinajstić information content (AvgIpc) is 1.94. The quantitative estimate of drug-likeness (QED) is 0.458. The van der Waals surface area contributed by atoms with Crippen molar-refractivity contribution in [1.82, 2.24) is 9.03 Å². The highest BCUT2D eigenvalue weighted by Gasteiger charge is 2.26. The van der Waals surface area contributed by atoms with E-state index in [9.17, 15) is 8.42 Å². The van der Waals surface area contributed by atoms with Gasteiger partial charge in [0.25, 0.3) is 10.2 Å². The fourth-order valence-electron chi connectivity index (χ4n) is 1.01. The number of hydrogen-bond donors (Lipinski definition) is 3. The SMILES string of the molecule is CCN(CC(=N)N)S(=O)(=O)NC(C)(C)C. The summed E-state index contributed by atoms with van der Waals surface area (Å²) in [5.41, 5.74) is 4.64. The van der Waals surface area contributed by atoms with Gasteiger partial charge in [0.15, 0.2) is 0 Å². The summed E-state index contributed by atoms with van der Waals surface area (Å²) in [6.45, 7) is 7.17. The van der Waals surface area contributed by atoms with Crippen LogP contribution in [0, 0.1) is 5.41 Å². The monoisotopic (exact) mass is 236 g/mol. The average molecular weight is 236 g/mol. The summed E-state index contributed by atoms with van der Waals surface area (Å²) in [6, 6.07) is 0. The van der Waals surface area contributed by atoms with Gasteiger partial charge in [-0.05, 0) is 20.8 Å². The number of amidine groups is 1. The second kappa shape index (κ2) is 4.91. The fourth-order valence-corrected chi connectivity index (χ4v) is 2.56. The Labute approximate surface area is 91.5 Å². The standard InChI is InChI=1S/C8H20N4O2S/c1-5-12(6-7(9)10)15(13,14)11-8(2,3)4/h11H,5-6H2,1-4H3,(H3,9,10). The molecule has 0 aliphatic rings. The molecule has 6 nitrogen and oxygen atoms in total. The number of nitrogens with zero attached hydrogens (tertiary/aromatic N) is 1. The molecule has 4 N–H and O–H groups in total. The molecule has 0 aliphatic carbocycles. The Morgan fingerprint density at radius 1 is 1.47 bits per heavy atom. The van der Waals surface area contributed by atoms with Gasteiger partial charge in [0, 0.05) is 12.1 Å². The molecule has 0 aromatic heterocycles. The van der Waals surface area contributed by atoms with E-state index in [4.69, 9.17) is 11.1 Å². The Morgan fingerprint density at radius 2 is 1.93 bits per heavy atom. The molecule has 0 amide bonds. The summed E-state index contributed by atoms with van der Waals surface area (Å²) in [6.07, 6.45) is 0. The van der Waals surface area contributed by atoms with Gasteiger partial charge in [0.1, 0.15) is 5.84 Å². The lowest BCUT2D eigenvalue weighted by molar-refractivity contribution is 0.420. The summed E-state index contributed by atoms with van der Waals surface area (Å²) in [5, 5.41) is 7.08. The van der Waals surface area contributed by atoms with Crippen LogP contribution < -0.4 is 10.5 Å². The summed E-state index contributed by atoms with van der Waals surface area (Å²) in [4.78, 5) is 0. The molecular formula is C8H20N4O2S. The third kappa shape index (κ3) is 5.71. The van der Waals surface area contributed by atoms with Crippen molar-refractivity contribution in [3.05, 3.63) is 0 Å². The Morgan fingerprint density at radius 3 is 2.20 bits per heavy atom. The molecule has 0 saturated carbocycles. The van der Waals surface area contributed by atoms with Crippen LogP contribution in [0.25, 0.3) is 0 Å². The maximum Gasteiger partial charge on any atom is 0.280 e. The largest absolute Gasteiger partial charge is 0.387 e. The fraction of sp³-hybridized carbons (Fsp3) is 0.875. The topological polar surface area (TPSA) is 99.3 Å². The van der Waals surface area contributed by atoms with Crippen LogP contribution in [0.15, 0.2) is 0 Å². The molecule has 0 rings (SSSR count). The summed E-state index contributed by atoms with van der Waals surface area (Å²) >= 11 is 0. The van der Waals surface area contributed by atoms with E-state index in [0.717, 1.165) is 4.31 Å². The third-order valence-electron chi connectivity index (χ3n) is 1.47. The van der Waals surface area contributed by atoms with Crippen LogP contribution in [0.3, 0.4) is 0 Å². The number of likely N-dealkylation sites (N-methyl/N-ethyl adjacent to an activating group) is 1. The number of hydrogen-bond acceptors (Lipinski definition) is 3. The number of rotatable bonds is 5. The molecule has 0 saturated heterocycles. The van der Waals surface area contributed by atoms with E-state index in [-0.39, 0.29) is 18.9 Å². The molecule has 0 atom stereocenters. The van der Waals surface area contributed by atoms with Crippen molar-refractivity contribution < 1.29 is 8.42 Å². The van der Waals surface area contributed by atoms with Gasteiger partial charge in [-0.25, -0.2) is 0 Å². The van der Waals surface area contributed by atoms with Crippen LogP contribution in [0.4, 0.5) is 0 Å². The van der Waals surface area contributed by atoms with Crippen LogP contribution in [0.2, 0.25) is 0 Å². The molecule has 90 valence electrons. The molecule has 0 aromatic rings. The van der Waals surface area contributed by atoms with Gasteiger partial charge >= 0.3 is 0 Å². The normalized spacial score (nSPS) is 13.1. The van der Waals surface area contributed by atoms with Crippen LogP contribution in [0.1, 0.15) is 27.7 Å². The van der Waals surface area contributed by atoms with E-state index < -0.39 is 15.7 Å². The van der Waals surface area contributed by atoms with E-state index in [1.807, 2.05) is 0 Å². The predicted molar refractivity (Wildman–Crippen MR) is 61.0 cm³/mol. The van der Waals surface area contributed by atoms with Crippen LogP contribution >= 0.6 is 0 Å². The molecule has 0 spiro atoms. The van der Waals surface area contributed by atoms with Crippen LogP contribution in [0.5, 0.6) is 0 Å². The second-order valence-electron chi connectivity index (χ2n) is 4.31. The molecule has 0 unspecified atom stereocenters. The number of nitrogens with one attached hydrogen (secondary N) is 2. The molecular weight excluding hydrogens is 216 g/mol. The Bertz CT molecular complexity index is 318. The zero-order valence-corrected chi connectivity index (χ0v) is 10.5. The molecule has 15 heavy (non-hydrogen) atoms. The first-order chi connectivity index (χ1) is 6.58. The van der Waals surface area contributed by atoms with Crippen molar-refractivity contribution in [3.8, 4) is 0 Å². The Kier molecular flexibility index (Phi) is 4.69. The first-order valence-electron chi connectivity index (χ1n) is 4.70. The van der Waals surface area contributed by atoms with Gasteiger partial charge in [0.05, 0.1) is 6.54 Å². The zero-order chi connectivity index (χ0) is 12.3. The Hall–Kier alpha value is -0.660. The van der Waals surface area contributed by atoms with Gasteiger partial charge in [0.2, 0.25) is 0 Å². The van der Waals surface area contributed by atoms with Gasteiger partial charge < -0.3 is 5.73 Å². The van der Waals surface area contributed by atoms with Gasteiger partial charge in [-0.2, -0.15) is 17.4 Å². The maximum absolute atomic E-state index is 11.8. The van der Waals surface area contributed by atoms with Gasteiger partial charge in [-0.15, -0.1) is 0 Å². The van der Waals surface area contributed by atoms with Crippen molar-refractivity contribution in [2.75, 3.05) is 13.1 Å². The highest BCUT2D eigenvalue weighted by molar-refractivity contribution is 7.87. The molecule has 0 bridgehead atoms. The summed E-state index contributed by atoms with van der Waals surface area (Å²) in [5.74, 6) is -0.170. The molecule has 0 heterocycles. The van der Waals surface area contributed by atoms with Gasteiger partial charge in [-0.1, -0.05) is 6.92 Å². The van der Waals surface area contributed by atoms with Crippen molar-refractivity contribution in [2.24, 2.45) is 5.73 Å². The van der Waals surface area contributed by atoms with Gasteiger partial charge in [-0.3, -0.25) is 5.41 Å². The minimum absolute atomic E-state index is 0.0814. The highest BCUT2D eigenvalue weighted by atomic mass is 32.2. The maximum atomic E-state index is 11.8. The molecule has 0 aliphatic heterocycles. The third-order valence-corrected chi connectivity index (χ3v) is 3.41. The second-order valence-corrected chi connectivity index (χ2v) is 5.98. The first-order valence-corrected chi connectivity index (χ1v) is 6.14. The minimum atomic E-state index is -3.56. The first kappa shape index (κ1) is 14.3. The van der Waals surface area contributed by atoms with Crippen molar-refractivity contribution in [2.45, 2.75) is 33.2 Å². The minimum Gasteiger partial charge on any atom is -0.387 e. The van der Waals surface area contributed by atoms with E-state index in [2.05, 4.69) is 4.72 Å². The van der Waals surface area contributed by atoms with E-state index in [1.165, 1.54) is 0 Å². The van der Waals surface area contributed by atoms with Crippen LogP contribution in [-0.2, 0) is 10.2 Å². The van der Waals surface area contributed by atoms with Crippen LogP contribution in [-0.4, -0.2) is 37.2 Å². The summed E-state index contributed by atoms with van der Waals surface area (Å²) < 4.78 is 27.2. The smallest absolute Gasteiger partial charge is 0.280 e. The van der Waals surface area contributed by atoms with Crippen molar-refractivity contribution in [1.29, 1.82) is 5.41 Å². The molecule has 0 aromatic carbocycles. The Balaban J connectivity index is 4.75. The van der Waals surface area contributed by atoms with E-state index >= 15 is 0 Å². The predicted octanol–water partition coefficient (Wildman–Crippen LogP) is -0.123. The molecule has 0 fully saturated rings. The van der Waals surface area contributed by atoms with Crippen molar-refractivity contribution in [3.63, 3.8) is 0 Å². The molecule has 0 radical (unpaired) electrons. The lowest BCUT2D eigenvalue weighted by Gasteiger charge is -2.26. The van der Waals surface area contributed by atoms with Crippen molar-refractivity contribution >= 4 is 16.0 Å².